The average Bonchev–Trinajstić information content (AvgIpc) is 2.67. The zero-order valence-corrected chi connectivity index (χ0v) is 15.1. The van der Waals surface area contributed by atoms with Crippen LogP contribution >= 0.6 is 0 Å². The van der Waals surface area contributed by atoms with Crippen molar-refractivity contribution in [2.45, 2.75) is 19.8 Å². The Balaban J connectivity index is 1.82. The van der Waals surface area contributed by atoms with Gasteiger partial charge in [0.15, 0.2) is 6.61 Å². The van der Waals surface area contributed by atoms with Crippen molar-refractivity contribution in [2.75, 3.05) is 24.3 Å². The lowest BCUT2D eigenvalue weighted by atomic mass is 10.2. The summed E-state index contributed by atoms with van der Waals surface area (Å²) >= 11 is 0. The first-order chi connectivity index (χ1) is 13.0. The summed E-state index contributed by atoms with van der Waals surface area (Å²) in [6.07, 6.45) is 1.76. The van der Waals surface area contributed by atoms with Gasteiger partial charge in [-0.2, -0.15) is 0 Å². The fourth-order valence-electron chi connectivity index (χ4n) is 2.17. The summed E-state index contributed by atoms with van der Waals surface area (Å²) in [7, 11) is 0. The third-order valence-electron chi connectivity index (χ3n) is 3.65. The molecule has 0 saturated carbocycles. The van der Waals surface area contributed by atoms with Gasteiger partial charge in [0.2, 0.25) is 0 Å². The molecule has 0 unspecified atom stereocenters. The Hall–Kier alpha value is -3.35. The molecule has 2 rings (SSSR count). The van der Waals surface area contributed by atoms with E-state index in [1.807, 2.05) is 6.92 Å². The van der Waals surface area contributed by atoms with Crippen LogP contribution in [0.2, 0.25) is 0 Å². The molecule has 0 aliphatic heterocycles. The van der Waals surface area contributed by atoms with Crippen molar-refractivity contribution >= 4 is 29.2 Å². The number of hydrogen-bond donors (Lipinski definition) is 2. The number of amides is 1. The molecule has 142 valence electrons. The quantitative estimate of drug-likeness (QED) is 0.420. The Kier molecular flexibility index (Phi) is 7.37. The molecule has 0 spiro atoms. The highest BCUT2D eigenvalue weighted by Crippen LogP contribution is 2.13. The fourth-order valence-corrected chi connectivity index (χ4v) is 2.17. The zero-order chi connectivity index (χ0) is 19.6. The van der Waals surface area contributed by atoms with Crippen molar-refractivity contribution in [1.82, 2.24) is 0 Å². The van der Waals surface area contributed by atoms with Crippen LogP contribution in [0.5, 0.6) is 0 Å². The molecule has 7 heteroatoms. The van der Waals surface area contributed by atoms with E-state index in [0.717, 1.165) is 12.8 Å². The largest absolute Gasteiger partial charge is 0.462 e. The van der Waals surface area contributed by atoms with E-state index in [-0.39, 0.29) is 11.3 Å². The number of ether oxygens (including phenoxy) is 2. The van der Waals surface area contributed by atoms with E-state index < -0.39 is 24.5 Å². The van der Waals surface area contributed by atoms with E-state index in [9.17, 15) is 14.4 Å². The number of carbonyl (C=O) groups is 3. The van der Waals surface area contributed by atoms with Gasteiger partial charge in [-0.1, -0.05) is 25.5 Å². The zero-order valence-electron chi connectivity index (χ0n) is 15.1. The minimum atomic E-state index is -0.673. The summed E-state index contributed by atoms with van der Waals surface area (Å²) in [6.45, 7) is 1.94. The van der Waals surface area contributed by atoms with Gasteiger partial charge in [-0.25, -0.2) is 9.59 Å². The van der Waals surface area contributed by atoms with E-state index in [0.29, 0.717) is 17.9 Å². The molecular formula is C20H22N2O5. The first-order valence-electron chi connectivity index (χ1n) is 8.60. The van der Waals surface area contributed by atoms with E-state index in [1.54, 1.807) is 42.5 Å². The third-order valence-corrected chi connectivity index (χ3v) is 3.65. The number of para-hydroxylation sites is 1. The number of benzene rings is 2. The summed E-state index contributed by atoms with van der Waals surface area (Å²) in [5.41, 5.74) is 7.05. The van der Waals surface area contributed by atoms with Crippen molar-refractivity contribution in [3.8, 4) is 0 Å². The number of nitrogens with two attached hydrogens (primary N) is 1. The second-order valence-corrected chi connectivity index (χ2v) is 5.78. The second kappa shape index (κ2) is 9.96. The van der Waals surface area contributed by atoms with Gasteiger partial charge in [-0.05, 0) is 42.8 Å². The fraction of sp³-hybridized carbons (Fsp3) is 0.250. The monoisotopic (exact) mass is 370 g/mol. The van der Waals surface area contributed by atoms with E-state index in [1.165, 1.54) is 6.07 Å². The Morgan fingerprint density at radius 1 is 0.963 bits per heavy atom. The minimum Gasteiger partial charge on any atom is -0.462 e. The maximum absolute atomic E-state index is 11.9. The van der Waals surface area contributed by atoms with Crippen LogP contribution in [0.1, 0.15) is 40.5 Å². The standard InChI is InChI=1S/C20H22N2O5/c1-2-3-12-26-19(24)14-8-10-15(11-9-14)22-18(23)13-27-20(25)16-6-4-5-7-17(16)21/h4-11H,2-3,12-13,21H2,1H3,(H,22,23). The number of nitrogen functional groups attached to an aromatic ring is 1. The normalized spacial score (nSPS) is 10.1. The number of hydrogen-bond acceptors (Lipinski definition) is 6. The number of rotatable bonds is 8. The maximum Gasteiger partial charge on any atom is 0.340 e. The van der Waals surface area contributed by atoms with Crippen LogP contribution in [0.15, 0.2) is 48.5 Å². The van der Waals surface area contributed by atoms with Crippen molar-refractivity contribution < 1.29 is 23.9 Å². The first kappa shape index (κ1) is 20.0. The van der Waals surface area contributed by atoms with Crippen LogP contribution in [0.4, 0.5) is 11.4 Å². The van der Waals surface area contributed by atoms with Gasteiger partial charge in [0.25, 0.3) is 5.91 Å². The second-order valence-electron chi connectivity index (χ2n) is 5.78. The number of esters is 2. The highest BCUT2D eigenvalue weighted by molar-refractivity contribution is 5.98. The molecule has 0 bridgehead atoms. The Morgan fingerprint density at radius 3 is 2.33 bits per heavy atom. The summed E-state index contributed by atoms with van der Waals surface area (Å²) in [4.78, 5) is 35.6. The predicted octanol–water partition coefficient (Wildman–Crippen LogP) is 3.02. The smallest absolute Gasteiger partial charge is 0.340 e. The van der Waals surface area contributed by atoms with Crippen LogP contribution in [0, 0.1) is 0 Å². The van der Waals surface area contributed by atoms with Crippen molar-refractivity contribution in [3.05, 3.63) is 59.7 Å². The molecule has 0 radical (unpaired) electrons. The van der Waals surface area contributed by atoms with Gasteiger partial charge >= 0.3 is 11.9 Å². The molecule has 3 N–H and O–H groups in total. The van der Waals surface area contributed by atoms with Crippen molar-refractivity contribution in [1.29, 1.82) is 0 Å². The molecule has 7 nitrogen and oxygen atoms in total. The molecule has 0 aromatic heterocycles. The molecule has 1 amide bonds. The van der Waals surface area contributed by atoms with E-state index in [4.69, 9.17) is 15.2 Å². The third kappa shape index (κ3) is 6.14. The maximum atomic E-state index is 11.9. The van der Waals surface area contributed by atoms with Crippen LogP contribution in [-0.2, 0) is 14.3 Å². The topological polar surface area (TPSA) is 108 Å². The van der Waals surface area contributed by atoms with Gasteiger partial charge in [-0.3, -0.25) is 4.79 Å². The van der Waals surface area contributed by atoms with Gasteiger partial charge in [-0.15, -0.1) is 0 Å². The lowest BCUT2D eigenvalue weighted by Crippen LogP contribution is -2.21. The molecule has 0 heterocycles. The van der Waals surface area contributed by atoms with Crippen molar-refractivity contribution in [3.63, 3.8) is 0 Å². The predicted molar refractivity (Wildman–Crippen MR) is 101 cm³/mol. The van der Waals surface area contributed by atoms with Crippen LogP contribution in [0.25, 0.3) is 0 Å². The van der Waals surface area contributed by atoms with Gasteiger partial charge in [0.1, 0.15) is 0 Å². The molecule has 2 aromatic rings. The first-order valence-corrected chi connectivity index (χ1v) is 8.60. The van der Waals surface area contributed by atoms with Crippen LogP contribution in [0.3, 0.4) is 0 Å². The van der Waals surface area contributed by atoms with Gasteiger partial charge in [0.05, 0.1) is 17.7 Å². The van der Waals surface area contributed by atoms with Crippen LogP contribution in [-0.4, -0.2) is 31.1 Å². The Bertz CT molecular complexity index is 802. The number of anilines is 2. The lowest BCUT2D eigenvalue weighted by Gasteiger charge is -2.08. The van der Waals surface area contributed by atoms with E-state index >= 15 is 0 Å². The molecule has 0 atom stereocenters. The van der Waals surface area contributed by atoms with E-state index in [2.05, 4.69) is 5.32 Å². The minimum absolute atomic E-state index is 0.205. The molecular weight excluding hydrogens is 348 g/mol. The van der Waals surface area contributed by atoms with Gasteiger partial charge < -0.3 is 20.5 Å². The Labute approximate surface area is 157 Å². The Morgan fingerprint density at radius 2 is 1.67 bits per heavy atom. The summed E-state index contributed by atoms with van der Waals surface area (Å²) in [5.74, 6) is -1.58. The summed E-state index contributed by atoms with van der Waals surface area (Å²) in [5, 5.41) is 2.58. The van der Waals surface area contributed by atoms with Crippen LogP contribution < -0.4 is 11.1 Å². The average molecular weight is 370 g/mol. The molecule has 27 heavy (non-hydrogen) atoms. The summed E-state index contributed by atoms with van der Waals surface area (Å²) in [6, 6.07) is 12.7. The molecule has 0 aliphatic rings. The highest BCUT2D eigenvalue weighted by atomic mass is 16.5. The molecule has 0 aliphatic carbocycles. The molecule has 0 saturated heterocycles. The van der Waals surface area contributed by atoms with Crippen molar-refractivity contribution in [2.24, 2.45) is 0 Å². The molecule has 0 fully saturated rings. The molecule has 2 aromatic carbocycles. The number of unbranched alkanes of at least 4 members (excludes halogenated alkanes) is 1. The SMILES string of the molecule is CCCCOC(=O)c1ccc(NC(=O)COC(=O)c2ccccc2N)cc1. The number of carbonyl (C=O) groups excluding carboxylic acids is 3. The van der Waals surface area contributed by atoms with Gasteiger partial charge in [0, 0.05) is 11.4 Å². The highest BCUT2D eigenvalue weighted by Gasteiger charge is 2.13. The lowest BCUT2D eigenvalue weighted by molar-refractivity contribution is -0.119. The summed E-state index contributed by atoms with van der Waals surface area (Å²) < 4.78 is 10.1. The number of nitrogens with one attached hydrogen (secondary N) is 1.